The Morgan fingerprint density at radius 3 is 2.32 bits per heavy atom. The normalized spacial score (nSPS) is 10.6. The van der Waals surface area contributed by atoms with Crippen LogP contribution >= 0.6 is 11.3 Å². The molecule has 0 radical (unpaired) electrons. The number of carbonyl (C=O) groups excluding carboxylic acids is 2. The van der Waals surface area contributed by atoms with Crippen molar-refractivity contribution in [1.29, 1.82) is 0 Å². The number of thiazole rings is 1. The lowest BCUT2D eigenvalue weighted by molar-refractivity contribution is -0.138. The van der Waals surface area contributed by atoms with Gasteiger partial charge in [0.15, 0.2) is 0 Å². The third-order valence-corrected chi connectivity index (χ3v) is 5.04. The van der Waals surface area contributed by atoms with Crippen molar-refractivity contribution in [3.05, 3.63) is 40.9 Å². The number of likely N-dealkylation sites (N-methyl/N-ethyl adjacent to an activating group) is 2. The van der Waals surface area contributed by atoms with Crippen molar-refractivity contribution in [2.75, 3.05) is 26.7 Å². The molecular formula is C19H25N3O2S. The maximum Gasteiger partial charge on any atom is 0.242 e. The molecule has 1 aromatic carbocycles. The molecular weight excluding hydrogens is 334 g/mol. The molecule has 0 spiro atoms. The Hall–Kier alpha value is -2.21. The molecule has 2 aromatic rings. The number of hydrogen-bond donors (Lipinski definition) is 0. The predicted molar refractivity (Wildman–Crippen MR) is 102 cm³/mol. The van der Waals surface area contributed by atoms with E-state index in [2.05, 4.69) is 4.98 Å². The van der Waals surface area contributed by atoms with E-state index in [0.717, 1.165) is 16.3 Å². The number of nitrogens with zero attached hydrogens (tertiary/aromatic N) is 3. The van der Waals surface area contributed by atoms with Crippen molar-refractivity contribution in [1.82, 2.24) is 14.8 Å². The van der Waals surface area contributed by atoms with E-state index in [4.69, 9.17) is 0 Å². The van der Waals surface area contributed by atoms with Crippen LogP contribution in [0.1, 0.15) is 25.1 Å². The lowest BCUT2D eigenvalue weighted by Crippen LogP contribution is -2.41. The molecule has 2 rings (SSSR count). The molecule has 1 aromatic heterocycles. The van der Waals surface area contributed by atoms with Gasteiger partial charge in [-0.1, -0.05) is 29.8 Å². The largest absolute Gasteiger partial charge is 0.342 e. The second-order valence-corrected chi connectivity index (χ2v) is 6.86. The fraction of sp³-hybridized carbons (Fsp3) is 0.421. The van der Waals surface area contributed by atoms with Crippen LogP contribution in [0.2, 0.25) is 0 Å². The standard InChI is InChI=1S/C19H25N3O2S/c1-5-22(6-2)18(24)12-21(4)17(23)11-16-13-25-19(20-16)15-9-7-14(3)8-10-15/h7-10,13H,5-6,11-12H2,1-4H3. The van der Waals surface area contributed by atoms with Gasteiger partial charge in [0.25, 0.3) is 0 Å². The van der Waals surface area contributed by atoms with Gasteiger partial charge in [0, 0.05) is 31.1 Å². The van der Waals surface area contributed by atoms with Crippen molar-refractivity contribution < 1.29 is 9.59 Å². The van der Waals surface area contributed by atoms with Crippen molar-refractivity contribution in [3.8, 4) is 10.6 Å². The molecule has 6 heteroatoms. The van der Waals surface area contributed by atoms with Gasteiger partial charge in [-0.25, -0.2) is 4.98 Å². The van der Waals surface area contributed by atoms with Gasteiger partial charge >= 0.3 is 0 Å². The average Bonchev–Trinajstić information content (AvgIpc) is 3.05. The van der Waals surface area contributed by atoms with Crippen molar-refractivity contribution in [2.24, 2.45) is 0 Å². The third kappa shape index (κ3) is 5.13. The van der Waals surface area contributed by atoms with Crippen molar-refractivity contribution in [3.63, 3.8) is 0 Å². The lowest BCUT2D eigenvalue weighted by Gasteiger charge is -2.23. The van der Waals surface area contributed by atoms with Crippen LogP contribution in [-0.2, 0) is 16.0 Å². The summed E-state index contributed by atoms with van der Waals surface area (Å²) in [6.07, 6.45) is 0.213. The van der Waals surface area contributed by atoms with E-state index in [9.17, 15) is 9.59 Å². The maximum atomic E-state index is 12.4. The minimum absolute atomic E-state index is 0.0283. The minimum Gasteiger partial charge on any atom is -0.342 e. The Labute approximate surface area is 153 Å². The molecule has 0 unspecified atom stereocenters. The molecule has 0 aliphatic heterocycles. The summed E-state index contributed by atoms with van der Waals surface area (Å²) in [6.45, 7) is 7.34. The molecule has 134 valence electrons. The van der Waals surface area contributed by atoms with Gasteiger partial charge in [0.05, 0.1) is 18.7 Å². The molecule has 2 amide bonds. The molecule has 0 N–H and O–H groups in total. The number of benzene rings is 1. The molecule has 25 heavy (non-hydrogen) atoms. The van der Waals surface area contributed by atoms with Crippen LogP contribution in [-0.4, -0.2) is 53.3 Å². The van der Waals surface area contributed by atoms with Gasteiger partial charge in [-0.15, -0.1) is 11.3 Å². The Morgan fingerprint density at radius 1 is 1.08 bits per heavy atom. The molecule has 0 fully saturated rings. The highest BCUT2D eigenvalue weighted by Gasteiger charge is 2.18. The predicted octanol–water partition coefficient (Wildman–Crippen LogP) is 2.99. The SMILES string of the molecule is CCN(CC)C(=O)CN(C)C(=O)Cc1csc(-c2ccc(C)cc2)n1. The monoisotopic (exact) mass is 359 g/mol. The molecule has 0 bridgehead atoms. The summed E-state index contributed by atoms with van der Waals surface area (Å²) in [7, 11) is 1.66. The second kappa shape index (κ2) is 8.76. The van der Waals surface area contributed by atoms with Crippen LogP contribution in [0.3, 0.4) is 0 Å². The zero-order valence-electron chi connectivity index (χ0n) is 15.3. The highest BCUT2D eigenvalue weighted by molar-refractivity contribution is 7.13. The molecule has 0 saturated carbocycles. The second-order valence-electron chi connectivity index (χ2n) is 6.00. The van der Waals surface area contributed by atoms with E-state index in [1.807, 2.05) is 50.4 Å². The third-order valence-electron chi connectivity index (χ3n) is 4.10. The summed E-state index contributed by atoms with van der Waals surface area (Å²) in [5.74, 6) is -0.124. The number of aryl methyl sites for hydroxylation is 1. The van der Waals surface area contributed by atoms with Gasteiger partial charge in [-0.3, -0.25) is 9.59 Å². The van der Waals surface area contributed by atoms with Gasteiger partial charge in [-0.05, 0) is 20.8 Å². The molecule has 5 nitrogen and oxygen atoms in total. The van der Waals surface area contributed by atoms with Gasteiger partial charge in [-0.2, -0.15) is 0 Å². The Kier molecular flexibility index (Phi) is 6.70. The molecule has 0 aliphatic carbocycles. The summed E-state index contributed by atoms with van der Waals surface area (Å²) < 4.78 is 0. The smallest absolute Gasteiger partial charge is 0.242 e. The number of aromatic nitrogens is 1. The van der Waals surface area contributed by atoms with E-state index in [-0.39, 0.29) is 24.8 Å². The number of carbonyl (C=O) groups is 2. The first kappa shape index (κ1) is 19.1. The maximum absolute atomic E-state index is 12.4. The van der Waals surface area contributed by atoms with Crippen molar-refractivity contribution >= 4 is 23.2 Å². The number of hydrogen-bond acceptors (Lipinski definition) is 4. The first-order valence-corrected chi connectivity index (χ1v) is 9.35. The Morgan fingerprint density at radius 2 is 1.72 bits per heavy atom. The van der Waals surface area contributed by atoms with Crippen LogP contribution in [0, 0.1) is 6.92 Å². The van der Waals surface area contributed by atoms with E-state index in [0.29, 0.717) is 13.1 Å². The molecule has 1 heterocycles. The number of amides is 2. The van der Waals surface area contributed by atoms with Crippen LogP contribution in [0.4, 0.5) is 0 Å². The van der Waals surface area contributed by atoms with Crippen LogP contribution in [0.15, 0.2) is 29.6 Å². The zero-order valence-corrected chi connectivity index (χ0v) is 16.1. The van der Waals surface area contributed by atoms with E-state index in [1.54, 1.807) is 11.9 Å². The molecule has 0 aliphatic rings. The molecule has 0 saturated heterocycles. The average molecular weight is 359 g/mol. The fourth-order valence-electron chi connectivity index (χ4n) is 2.47. The Balaban J connectivity index is 1.96. The van der Waals surface area contributed by atoms with E-state index >= 15 is 0 Å². The van der Waals surface area contributed by atoms with Crippen LogP contribution < -0.4 is 0 Å². The van der Waals surface area contributed by atoms with E-state index < -0.39 is 0 Å². The quantitative estimate of drug-likeness (QED) is 0.764. The lowest BCUT2D eigenvalue weighted by atomic mass is 10.2. The highest BCUT2D eigenvalue weighted by atomic mass is 32.1. The number of rotatable bonds is 7. The molecule has 0 atom stereocenters. The summed E-state index contributed by atoms with van der Waals surface area (Å²) in [4.78, 5) is 32.2. The fourth-order valence-corrected chi connectivity index (χ4v) is 3.30. The van der Waals surface area contributed by atoms with Gasteiger partial charge < -0.3 is 9.80 Å². The Bertz CT molecular complexity index is 721. The summed E-state index contributed by atoms with van der Waals surface area (Å²) >= 11 is 1.53. The zero-order chi connectivity index (χ0) is 18.4. The minimum atomic E-state index is -0.0961. The topological polar surface area (TPSA) is 53.5 Å². The van der Waals surface area contributed by atoms with Gasteiger partial charge in [0.2, 0.25) is 11.8 Å². The summed E-state index contributed by atoms with van der Waals surface area (Å²) in [5.41, 5.74) is 3.00. The first-order valence-electron chi connectivity index (χ1n) is 8.47. The van der Waals surface area contributed by atoms with Crippen LogP contribution in [0.25, 0.3) is 10.6 Å². The summed E-state index contributed by atoms with van der Waals surface area (Å²) in [5, 5.41) is 2.82. The van der Waals surface area contributed by atoms with E-state index in [1.165, 1.54) is 21.8 Å². The highest BCUT2D eigenvalue weighted by Crippen LogP contribution is 2.24. The summed E-state index contributed by atoms with van der Waals surface area (Å²) in [6, 6.07) is 8.17. The first-order chi connectivity index (χ1) is 11.9. The van der Waals surface area contributed by atoms with Crippen LogP contribution in [0.5, 0.6) is 0 Å². The van der Waals surface area contributed by atoms with Crippen molar-refractivity contribution in [2.45, 2.75) is 27.2 Å². The van der Waals surface area contributed by atoms with Gasteiger partial charge in [0.1, 0.15) is 5.01 Å².